The lowest BCUT2D eigenvalue weighted by Crippen LogP contribution is -2.40. The standard InChI is InChI=1S/C7H14FN/c1-7(8)4-3-5-9(2)6-7/h3-6H2,1-2H3/t7-/m1/s1. The van der Waals surface area contributed by atoms with Gasteiger partial charge in [0.05, 0.1) is 0 Å². The Morgan fingerprint density at radius 3 is 2.56 bits per heavy atom. The molecule has 1 rings (SSSR count). The molecule has 0 amide bonds. The molecular weight excluding hydrogens is 117 g/mol. The van der Waals surface area contributed by atoms with E-state index in [1.54, 1.807) is 6.92 Å². The summed E-state index contributed by atoms with van der Waals surface area (Å²) in [4.78, 5) is 2.05. The zero-order valence-corrected chi connectivity index (χ0v) is 6.15. The van der Waals surface area contributed by atoms with Crippen molar-refractivity contribution in [3.63, 3.8) is 0 Å². The van der Waals surface area contributed by atoms with Gasteiger partial charge in [0.1, 0.15) is 5.67 Å². The summed E-state index contributed by atoms with van der Waals surface area (Å²) in [6.45, 7) is 3.34. The Labute approximate surface area is 55.8 Å². The van der Waals surface area contributed by atoms with Gasteiger partial charge in [-0.1, -0.05) is 0 Å². The van der Waals surface area contributed by atoms with Crippen LogP contribution < -0.4 is 0 Å². The Bertz CT molecular complexity index is 101. The highest BCUT2D eigenvalue weighted by Crippen LogP contribution is 2.22. The maximum atomic E-state index is 13.1. The molecule has 2 heteroatoms. The third-order valence-corrected chi connectivity index (χ3v) is 1.84. The van der Waals surface area contributed by atoms with Crippen molar-refractivity contribution >= 4 is 0 Å². The van der Waals surface area contributed by atoms with E-state index in [1.807, 2.05) is 11.9 Å². The molecule has 1 aliphatic rings. The lowest BCUT2D eigenvalue weighted by Gasteiger charge is -2.32. The molecule has 0 spiro atoms. The Morgan fingerprint density at radius 2 is 2.22 bits per heavy atom. The van der Waals surface area contributed by atoms with Crippen LogP contribution >= 0.6 is 0 Å². The lowest BCUT2D eigenvalue weighted by atomic mass is 9.98. The normalized spacial score (nSPS) is 39.0. The van der Waals surface area contributed by atoms with Gasteiger partial charge >= 0.3 is 0 Å². The van der Waals surface area contributed by atoms with E-state index in [9.17, 15) is 4.39 Å². The lowest BCUT2D eigenvalue weighted by molar-refractivity contribution is 0.0758. The number of hydrogen-bond acceptors (Lipinski definition) is 1. The molecule has 0 radical (unpaired) electrons. The van der Waals surface area contributed by atoms with Crippen molar-refractivity contribution in [2.75, 3.05) is 20.1 Å². The van der Waals surface area contributed by atoms with Gasteiger partial charge in [-0.15, -0.1) is 0 Å². The van der Waals surface area contributed by atoms with Crippen LogP contribution in [0.4, 0.5) is 4.39 Å². The number of alkyl halides is 1. The van der Waals surface area contributed by atoms with Gasteiger partial charge in [-0.3, -0.25) is 0 Å². The van der Waals surface area contributed by atoms with Gasteiger partial charge in [-0.25, -0.2) is 4.39 Å². The van der Waals surface area contributed by atoms with Gasteiger partial charge in [0.25, 0.3) is 0 Å². The molecule has 0 N–H and O–H groups in total. The Morgan fingerprint density at radius 1 is 1.56 bits per heavy atom. The predicted molar refractivity (Wildman–Crippen MR) is 36.2 cm³/mol. The van der Waals surface area contributed by atoms with Crippen LogP contribution in [0.5, 0.6) is 0 Å². The third-order valence-electron chi connectivity index (χ3n) is 1.84. The summed E-state index contributed by atoms with van der Waals surface area (Å²) in [6, 6.07) is 0. The quantitative estimate of drug-likeness (QED) is 0.481. The number of rotatable bonds is 0. The first-order chi connectivity index (χ1) is 4.10. The van der Waals surface area contributed by atoms with Crippen LogP contribution in [0.25, 0.3) is 0 Å². The molecule has 1 fully saturated rings. The number of halogens is 1. The smallest absolute Gasteiger partial charge is 0.120 e. The fourth-order valence-electron chi connectivity index (χ4n) is 1.44. The minimum atomic E-state index is -0.924. The number of hydrogen-bond donors (Lipinski definition) is 0. The second-order valence-corrected chi connectivity index (χ2v) is 3.25. The number of likely N-dealkylation sites (tertiary alicyclic amines) is 1. The molecule has 0 aromatic rings. The summed E-state index contributed by atoms with van der Waals surface area (Å²) in [7, 11) is 1.97. The first-order valence-corrected chi connectivity index (χ1v) is 3.48. The van der Waals surface area contributed by atoms with Crippen LogP contribution in [-0.2, 0) is 0 Å². The van der Waals surface area contributed by atoms with Crippen LogP contribution in [-0.4, -0.2) is 30.7 Å². The summed E-state index contributed by atoms with van der Waals surface area (Å²) in [5, 5.41) is 0. The predicted octanol–water partition coefficient (Wildman–Crippen LogP) is 1.44. The molecule has 1 atom stereocenters. The van der Waals surface area contributed by atoms with Crippen LogP contribution in [0.2, 0.25) is 0 Å². The fourth-order valence-corrected chi connectivity index (χ4v) is 1.44. The third kappa shape index (κ3) is 1.94. The van der Waals surface area contributed by atoms with Crippen molar-refractivity contribution in [1.29, 1.82) is 0 Å². The van der Waals surface area contributed by atoms with Crippen molar-refractivity contribution in [2.24, 2.45) is 0 Å². The monoisotopic (exact) mass is 131 g/mol. The van der Waals surface area contributed by atoms with Crippen LogP contribution in [0.1, 0.15) is 19.8 Å². The molecule has 0 saturated carbocycles. The molecule has 1 nitrogen and oxygen atoms in total. The second-order valence-electron chi connectivity index (χ2n) is 3.25. The summed E-state index contributed by atoms with van der Waals surface area (Å²) < 4.78 is 13.1. The van der Waals surface area contributed by atoms with Gasteiger partial charge < -0.3 is 4.90 Å². The summed E-state index contributed by atoms with van der Waals surface area (Å²) in [5.74, 6) is 0. The highest BCUT2D eigenvalue weighted by Gasteiger charge is 2.28. The van der Waals surface area contributed by atoms with Crippen LogP contribution in [0.3, 0.4) is 0 Å². The van der Waals surface area contributed by atoms with E-state index in [-0.39, 0.29) is 0 Å². The molecule has 0 aromatic heterocycles. The summed E-state index contributed by atoms with van der Waals surface area (Å²) in [6.07, 6.45) is 1.74. The van der Waals surface area contributed by atoms with Crippen molar-refractivity contribution in [1.82, 2.24) is 4.90 Å². The maximum Gasteiger partial charge on any atom is 0.120 e. The topological polar surface area (TPSA) is 3.24 Å². The zero-order valence-electron chi connectivity index (χ0n) is 6.15. The Kier molecular flexibility index (Phi) is 1.75. The van der Waals surface area contributed by atoms with E-state index in [1.165, 1.54) is 0 Å². The largest absolute Gasteiger partial charge is 0.303 e. The molecule has 1 heterocycles. The highest BCUT2D eigenvalue weighted by atomic mass is 19.1. The fraction of sp³-hybridized carbons (Fsp3) is 1.00. The van der Waals surface area contributed by atoms with E-state index in [0.717, 1.165) is 19.4 Å². The van der Waals surface area contributed by atoms with E-state index >= 15 is 0 Å². The molecule has 0 unspecified atom stereocenters. The van der Waals surface area contributed by atoms with Gasteiger partial charge in [0.15, 0.2) is 0 Å². The minimum Gasteiger partial charge on any atom is -0.303 e. The van der Waals surface area contributed by atoms with Crippen LogP contribution in [0.15, 0.2) is 0 Å². The first kappa shape index (κ1) is 7.00. The highest BCUT2D eigenvalue weighted by molar-refractivity contribution is 4.81. The minimum absolute atomic E-state index is 0.604. The average Bonchev–Trinajstić information content (AvgIpc) is 1.60. The van der Waals surface area contributed by atoms with Crippen molar-refractivity contribution < 1.29 is 4.39 Å². The summed E-state index contributed by atoms with van der Waals surface area (Å²) >= 11 is 0. The Hall–Kier alpha value is -0.110. The van der Waals surface area contributed by atoms with Gasteiger partial charge in [-0.2, -0.15) is 0 Å². The molecule has 9 heavy (non-hydrogen) atoms. The molecule has 0 aliphatic carbocycles. The Balaban J connectivity index is 2.41. The van der Waals surface area contributed by atoms with Crippen molar-refractivity contribution in [3.05, 3.63) is 0 Å². The molecule has 1 saturated heterocycles. The van der Waals surface area contributed by atoms with Crippen molar-refractivity contribution in [2.45, 2.75) is 25.4 Å². The van der Waals surface area contributed by atoms with Gasteiger partial charge in [0.2, 0.25) is 0 Å². The molecule has 1 aliphatic heterocycles. The molecule has 54 valence electrons. The SMILES string of the molecule is CN1CCC[C@@](C)(F)C1. The first-order valence-electron chi connectivity index (χ1n) is 3.48. The van der Waals surface area contributed by atoms with E-state index in [2.05, 4.69) is 0 Å². The maximum absolute atomic E-state index is 13.1. The van der Waals surface area contributed by atoms with Crippen molar-refractivity contribution in [3.8, 4) is 0 Å². The number of nitrogens with zero attached hydrogens (tertiary/aromatic N) is 1. The zero-order chi connectivity index (χ0) is 6.91. The van der Waals surface area contributed by atoms with Gasteiger partial charge in [0, 0.05) is 6.54 Å². The summed E-state index contributed by atoms with van der Waals surface area (Å²) in [5.41, 5.74) is -0.924. The molecule has 0 aromatic carbocycles. The van der Waals surface area contributed by atoms with Crippen LogP contribution in [0, 0.1) is 0 Å². The van der Waals surface area contributed by atoms with E-state index in [0.29, 0.717) is 6.54 Å². The second kappa shape index (κ2) is 2.25. The van der Waals surface area contributed by atoms with Gasteiger partial charge in [-0.05, 0) is 33.4 Å². The van der Waals surface area contributed by atoms with E-state index < -0.39 is 5.67 Å². The molecular formula is C7H14FN. The molecule has 0 bridgehead atoms. The average molecular weight is 131 g/mol. The number of piperidine rings is 1. The van der Waals surface area contributed by atoms with E-state index in [4.69, 9.17) is 0 Å².